The van der Waals surface area contributed by atoms with Crippen LogP contribution in [-0.4, -0.2) is 13.0 Å². The smallest absolute Gasteiger partial charge is 0.295 e. The van der Waals surface area contributed by atoms with Gasteiger partial charge in [-0.25, -0.2) is 0 Å². The van der Waals surface area contributed by atoms with Crippen LogP contribution in [0.25, 0.3) is 0 Å². The summed E-state index contributed by atoms with van der Waals surface area (Å²) in [5.41, 5.74) is 0. The Bertz CT molecular complexity index is 1240. The molecule has 1 atom stereocenters. The van der Waals surface area contributed by atoms with E-state index in [1.165, 1.54) is 6.07 Å². The number of ether oxygens (including phenoxy) is 1. The highest BCUT2D eigenvalue weighted by Crippen LogP contribution is 2.39. The van der Waals surface area contributed by atoms with Crippen LogP contribution in [0.3, 0.4) is 0 Å². The first-order chi connectivity index (χ1) is 14.5. The van der Waals surface area contributed by atoms with E-state index in [1.54, 1.807) is 18.2 Å². The van der Waals surface area contributed by atoms with E-state index in [1.807, 2.05) is 84.9 Å². The highest BCUT2D eigenvalue weighted by atomic mass is 32.2. The Morgan fingerprint density at radius 2 is 1.17 bits per heavy atom. The van der Waals surface area contributed by atoms with Crippen LogP contribution in [0.4, 0.5) is 0 Å². The molecule has 4 rings (SSSR count). The Morgan fingerprint density at radius 1 is 0.633 bits per heavy atom. The van der Waals surface area contributed by atoms with Gasteiger partial charge in [0.2, 0.25) is 0 Å². The van der Waals surface area contributed by atoms with E-state index < -0.39 is 18.0 Å². The SMILES string of the molecule is O=S(=O)(O)c1ccccc1P(c1ccccc1)c1ccccc1Oc1ccccc1. The van der Waals surface area contributed by atoms with Crippen LogP contribution >= 0.6 is 7.92 Å². The first-order valence-electron chi connectivity index (χ1n) is 9.28. The fourth-order valence-corrected chi connectivity index (χ4v) is 6.78. The van der Waals surface area contributed by atoms with Crippen molar-refractivity contribution in [1.29, 1.82) is 0 Å². The van der Waals surface area contributed by atoms with Crippen LogP contribution in [0.15, 0.2) is 114 Å². The lowest BCUT2D eigenvalue weighted by molar-refractivity contribution is 0.483. The molecular weight excluding hydrogens is 415 g/mol. The van der Waals surface area contributed by atoms with Crippen LogP contribution in [-0.2, 0) is 10.1 Å². The van der Waals surface area contributed by atoms with Gasteiger partial charge in [0.1, 0.15) is 16.4 Å². The summed E-state index contributed by atoms with van der Waals surface area (Å²) in [6, 6.07) is 33.3. The Kier molecular flexibility index (Phi) is 5.96. The summed E-state index contributed by atoms with van der Waals surface area (Å²) < 4.78 is 40.3. The number of hydrogen-bond donors (Lipinski definition) is 1. The lowest BCUT2D eigenvalue weighted by Gasteiger charge is -2.23. The van der Waals surface area contributed by atoms with Gasteiger partial charge in [0.25, 0.3) is 10.1 Å². The van der Waals surface area contributed by atoms with E-state index >= 15 is 0 Å². The molecule has 4 aromatic carbocycles. The number of hydrogen-bond acceptors (Lipinski definition) is 3. The highest BCUT2D eigenvalue weighted by molar-refractivity contribution is 7.88. The second kappa shape index (κ2) is 8.80. The van der Waals surface area contributed by atoms with Crippen LogP contribution in [0.1, 0.15) is 0 Å². The molecule has 0 saturated heterocycles. The van der Waals surface area contributed by atoms with E-state index in [2.05, 4.69) is 0 Å². The molecule has 0 heterocycles. The molecule has 0 radical (unpaired) electrons. The van der Waals surface area contributed by atoms with Gasteiger partial charge in [-0.2, -0.15) is 8.42 Å². The van der Waals surface area contributed by atoms with Crippen molar-refractivity contribution in [2.45, 2.75) is 4.90 Å². The fraction of sp³-hybridized carbons (Fsp3) is 0. The van der Waals surface area contributed by atoms with E-state index in [-0.39, 0.29) is 4.90 Å². The minimum Gasteiger partial charge on any atom is -0.457 e. The quantitative estimate of drug-likeness (QED) is 0.359. The molecule has 0 aliphatic rings. The lowest BCUT2D eigenvalue weighted by atomic mass is 10.3. The van der Waals surface area contributed by atoms with Gasteiger partial charge >= 0.3 is 0 Å². The largest absolute Gasteiger partial charge is 0.457 e. The number of benzene rings is 4. The standard InChI is InChI=1S/C24H19O4PS/c25-30(26,27)24-18-10-9-17-23(24)29(20-13-5-2-6-14-20)22-16-8-7-15-21(22)28-19-11-3-1-4-12-19/h1-18H,(H,25,26,27). The third kappa shape index (κ3) is 4.44. The molecule has 0 fully saturated rings. The zero-order valence-corrected chi connectivity index (χ0v) is 17.6. The van der Waals surface area contributed by atoms with Gasteiger partial charge in [0, 0.05) is 10.6 Å². The van der Waals surface area contributed by atoms with Crippen LogP contribution in [0.5, 0.6) is 11.5 Å². The Balaban J connectivity index is 1.93. The van der Waals surface area contributed by atoms with Crippen molar-refractivity contribution >= 4 is 34.0 Å². The van der Waals surface area contributed by atoms with Gasteiger partial charge in [0.05, 0.1) is 0 Å². The zero-order valence-electron chi connectivity index (χ0n) is 15.9. The molecule has 0 amide bonds. The molecule has 4 aromatic rings. The molecule has 0 spiro atoms. The van der Waals surface area contributed by atoms with Crippen LogP contribution in [0.2, 0.25) is 0 Å². The van der Waals surface area contributed by atoms with Crippen molar-refractivity contribution in [3.05, 3.63) is 109 Å². The highest BCUT2D eigenvalue weighted by Gasteiger charge is 2.26. The van der Waals surface area contributed by atoms with E-state index in [9.17, 15) is 13.0 Å². The maximum atomic E-state index is 12.1. The topological polar surface area (TPSA) is 63.6 Å². The third-order valence-corrected chi connectivity index (χ3v) is 8.08. The second-order valence-corrected chi connectivity index (χ2v) is 10.0. The van der Waals surface area contributed by atoms with Gasteiger partial charge in [-0.1, -0.05) is 84.9 Å². The number of rotatable bonds is 6. The van der Waals surface area contributed by atoms with Gasteiger partial charge in [-0.15, -0.1) is 0 Å². The summed E-state index contributed by atoms with van der Waals surface area (Å²) in [6.07, 6.45) is 0. The average molecular weight is 434 g/mol. The van der Waals surface area contributed by atoms with Crippen LogP contribution < -0.4 is 20.7 Å². The van der Waals surface area contributed by atoms with Crippen molar-refractivity contribution in [1.82, 2.24) is 0 Å². The Morgan fingerprint density at radius 3 is 1.83 bits per heavy atom. The summed E-state index contributed by atoms with van der Waals surface area (Å²) >= 11 is 0. The predicted molar refractivity (Wildman–Crippen MR) is 121 cm³/mol. The molecule has 0 aliphatic carbocycles. The van der Waals surface area contributed by atoms with Gasteiger partial charge < -0.3 is 4.74 Å². The molecule has 6 heteroatoms. The normalized spacial score (nSPS) is 12.3. The maximum absolute atomic E-state index is 12.1. The first-order valence-corrected chi connectivity index (χ1v) is 12.1. The summed E-state index contributed by atoms with van der Waals surface area (Å²) in [5, 5.41) is 2.36. The molecule has 0 saturated carbocycles. The summed E-state index contributed by atoms with van der Waals surface area (Å²) in [6.45, 7) is 0. The van der Waals surface area contributed by atoms with Crippen LogP contribution in [0, 0.1) is 0 Å². The average Bonchev–Trinajstić information content (AvgIpc) is 2.76. The summed E-state index contributed by atoms with van der Waals surface area (Å²) in [7, 11) is -5.70. The lowest BCUT2D eigenvalue weighted by Crippen LogP contribution is -2.25. The monoisotopic (exact) mass is 434 g/mol. The molecule has 0 aromatic heterocycles. The number of para-hydroxylation sites is 2. The Labute approximate surface area is 177 Å². The van der Waals surface area contributed by atoms with Gasteiger partial charge in [-0.3, -0.25) is 4.55 Å². The van der Waals surface area contributed by atoms with E-state index in [0.717, 1.165) is 10.6 Å². The molecule has 30 heavy (non-hydrogen) atoms. The van der Waals surface area contributed by atoms with E-state index in [4.69, 9.17) is 4.74 Å². The van der Waals surface area contributed by atoms with Crippen molar-refractivity contribution in [3.63, 3.8) is 0 Å². The van der Waals surface area contributed by atoms with Crippen molar-refractivity contribution < 1.29 is 17.7 Å². The summed E-state index contributed by atoms with van der Waals surface area (Å²) in [5.74, 6) is 1.33. The molecule has 0 aliphatic heterocycles. The minimum atomic E-state index is -4.39. The van der Waals surface area contributed by atoms with Gasteiger partial charge in [-0.05, 0) is 37.5 Å². The minimum absolute atomic E-state index is 0.0884. The molecular formula is C24H19O4PS. The molecule has 0 bridgehead atoms. The van der Waals surface area contributed by atoms with Crippen molar-refractivity contribution in [2.24, 2.45) is 0 Å². The summed E-state index contributed by atoms with van der Waals surface area (Å²) in [4.78, 5) is -0.0884. The predicted octanol–water partition coefficient (Wildman–Crippen LogP) is 4.48. The zero-order chi connectivity index (χ0) is 21.0. The molecule has 1 N–H and O–H groups in total. The second-order valence-electron chi connectivity index (χ2n) is 6.50. The Hall–Kier alpha value is -2.98. The first kappa shape index (κ1) is 20.3. The maximum Gasteiger partial charge on any atom is 0.295 e. The van der Waals surface area contributed by atoms with E-state index in [0.29, 0.717) is 16.8 Å². The molecule has 1 unspecified atom stereocenters. The third-order valence-electron chi connectivity index (χ3n) is 4.48. The van der Waals surface area contributed by atoms with Gasteiger partial charge in [0.15, 0.2) is 0 Å². The van der Waals surface area contributed by atoms with Crippen molar-refractivity contribution in [3.8, 4) is 11.5 Å². The molecule has 150 valence electrons. The van der Waals surface area contributed by atoms with Crippen molar-refractivity contribution in [2.75, 3.05) is 0 Å². The fourth-order valence-electron chi connectivity index (χ4n) is 3.19. The molecule has 4 nitrogen and oxygen atoms in total.